The molecule has 1 N–H and O–H groups in total. The molecule has 0 spiro atoms. The monoisotopic (exact) mass is 514 g/mol. The van der Waals surface area contributed by atoms with Crippen LogP contribution in [0.25, 0.3) is 28.2 Å². The van der Waals surface area contributed by atoms with Crippen LogP contribution in [-0.4, -0.2) is 86.6 Å². The van der Waals surface area contributed by atoms with Crippen molar-refractivity contribution in [3.63, 3.8) is 0 Å². The van der Waals surface area contributed by atoms with Gasteiger partial charge in [-0.15, -0.1) is 10.2 Å². The first-order valence-electron chi connectivity index (χ1n) is 12.0. The van der Waals surface area contributed by atoms with E-state index >= 15 is 0 Å². The van der Waals surface area contributed by atoms with Gasteiger partial charge < -0.3 is 14.6 Å². The van der Waals surface area contributed by atoms with Crippen LogP contribution in [0.4, 0.5) is 0 Å². The van der Waals surface area contributed by atoms with E-state index in [1.165, 1.54) is 15.0 Å². The van der Waals surface area contributed by atoms with Gasteiger partial charge >= 0.3 is 5.69 Å². The number of likely N-dealkylation sites (N-methyl/N-ethyl adjacent to an activating group) is 1. The van der Waals surface area contributed by atoms with Crippen molar-refractivity contribution in [1.29, 1.82) is 0 Å². The summed E-state index contributed by atoms with van der Waals surface area (Å²) in [6.45, 7) is 5.78. The molecule has 36 heavy (non-hydrogen) atoms. The summed E-state index contributed by atoms with van der Waals surface area (Å²) in [6.07, 6.45) is 2.89. The number of H-pyrrole nitrogens is 1. The van der Waals surface area contributed by atoms with Gasteiger partial charge in [0.2, 0.25) is 10.0 Å². The van der Waals surface area contributed by atoms with Crippen LogP contribution in [0.1, 0.15) is 26.7 Å². The average Bonchev–Trinajstić information content (AvgIpc) is 3.46. The fraction of sp³-hybridized carbons (Fsp3) is 0.478. The summed E-state index contributed by atoms with van der Waals surface area (Å²) in [4.78, 5) is 23.2. The molecule has 4 heterocycles. The maximum Gasteiger partial charge on any atom is 0.336 e. The fourth-order valence-electron chi connectivity index (χ4n) is 4.32. The zero-order valence-corrected chi connectivity index (χ0v) is 21.6. The van der Waals surface area contributed by atoms with Crippen LogP contribution in [-0.2, 0) is 16.6 Å². The lowest BCUT2D eigenvalue weighted by molar-refractivity contribution is 0.134. The highest BCUT2D eigenvalue weighted by molar-refractivity contribution is 7.89. The van der Waals surface area contributed by atoms with Gasteiger partial charge in [-0.25, -0.2) is 22.6 Å². The maximum atomic E-state index is 13.4. The normalized spacial score (nSPS) is 15.2. The Bertz CT molecular complexity index is 1580. The molecule has 5 rings (SSSR count). The standard InChI is InChI=1S/C23H30N8O4S/c1-5-9-30-21-19(22-27-24-14-31(22)23(30)32)25-20(26-21)17-11-16(7-8-18(17)35-10-6-2)36(33,34)29-12-15(13-29)28(3)4/h7-8,11,14-15H,5-6,9-10,12-13H2,1-4H3,(H,25,26). The summed E-state index contributed by atoms with van der Waals surface area (Å²) in [6, 6.07) is 5.02. The van der Waals surface area contributed by atoms with E-state index in [4.69, 9.17) is 9.72 Å². The van der Waals surface area contributed by atoms with Crippen molar-refractivity contribution in [2.24, 2.45) is 0 Å². The average molecular weight is 515 g/mol. The molecule has 0 amide bonds. The smallest absolute Gasteiger partial charge is 0.336 e. The second kappa shape index (κ2) is 9.30. The van der Waals surface area contributed by atoms with Crippen LogP contribution in [0.2, 0.25) is 0 Å². The number of nitrogens with zero attached hydrogens (tertiary/aromatic N) is 7. The van der Waals surface area contributed by atoms with E-state index in [9.17, 15) is 13.2 Å². The quantitative estimate of drug-likeness (QED) is 0.356. The third-order valence-corrected chi connectivity index (χ3v) is 8.29. The Balaban J connectivity index is 1.65. The molecule has 1 aromatic carbocycles. The number of fused-ring (bicyclic) bond motifs is 3. The molecule has 1 aliphatic heterocycles. The van der Waals surface area contributed by atoms with Crippen LogP contribution < -0.4 is 10.4 Å². The predicted molar refractivity (Wildman–Crippen MR) is 135 cm³/mol. The van der Waals surface area contributed by atoms with Crippen molar-refractivity contribution >= 4 is 26.8 Å². The molecule has 0 bridgehead atoms. The number of aryl methyl sites for hydroxylation is 1. The van der Waals surface area contributed by atoms with E-state index in [1.807, 2.05) is 32.8 Å². The number of benzene rings is 1. The first-order valence-corrected chi connectivity index (χ1v) is 13.5. The summed E-state index contributed by atoms with van der Waals surface area (Å²) in [7, 11) is 0.198. The second-order valence-corrected chi connectivity index (χ2v) is 11.1. The van der Waals surface area contributed by atoms with Crippen LogP contribution in [0.3, 0.4) is 0 Å². The molecule has 0 atom stereocenters. The van der Waals surface area contributed by atoms with Gasteiger partial charge in [-0.2, -0.15) is 4.31 Å². The zero-order chi connectivity index (χ0) is 25.6. The van der Waals surface area contributed by atoms with E-state index in [0.29, 0.717) is 60.2 Å². The van der Waals surface area contributed by atoms with E-state index in [-0.39, 0.29) is 16.6 Å². The summed E-state index contributed by atoms with van der Waals surface area (Å²) >= 11 is 0. The maximum absolute atomic E-state index is 13.4. The lowest BCUT2D eigenvalue weighted by Gasteiger charge is -2.41. The number of rotatable bonds is 9. The topological polar surface area (TPSA) is 131 Å². The van der Waals surface area contributed by atoms with Gasteiger partial charge in [0.1, 0.15) is 23.4 Å². The third-order valence-electron chi connectivity index (χ3n) is 6.46. The summed E-state index contributed by atoms with van der Waals surface area (Å²) in [5.74, 6) is 0.898. The Morgan fingerprint density at radius 1 is 1.17 bits per heavy atom. The number of imidazole rings is 1. The van der Waals surface area contributed by atoms with E-state index < -0.39 is 10.0 Å². The van der Waals surface area contributed by atoms with Crippen LogP contribution in [0.15, 0.2) is 34.2 Å². The Labute approximate surface area is 208 Å². The summed E-state index contributed by atoms with van der Waals surface area (Å²) < 4.78 is 37.1. The lowest BCUT2D eigenvalue weighted by atomic mass is 10.2. The molecule has 13 heteroatoms. The van der Waals surface area contributed by atoms with Gasteiger partial charge in [0.25, 0.3) is 0 Å². The van der Waals surface area contributed by atoms with Crippen LogP contribution in [0.5, 0.6) is 5.75 Å². The molecular weight excluding hydrogens is 484 g/mol. The molecular formula is C23H30N8O4S. The van der Waals surface area contributed by atoms with E-state index in [2.05, 4.69) is 15.2 Å². The van der Waals surface area contributed by atoms with Crippen molar-refractivity contribution in [3.05, 3.63) is 35.0 Å². The second-order valence-electron chi connectivity index (χ2n) is 9.19. The highest BCUT2D eigenvalue weighted by atomic mass is 32.2. The van der Waals surface area contributed by atoms with Gasteiger partial charge in [-0.3, -0.25) is 4.57 Å². The molecule has 0 unspecified atom stereocenters. The number of hydrogen-bond acceptors (Lipinski definition) is 8. The number of sulfonamides is 1. The Morgan fingerprint density at radius 3 is 2.64 bits per heavy atom. The molecule has 192 valence electrons. The number of hydrogen-bond donors (Lipinski definition) is 1. The summed E-state index contributed by atoms with van der Waals surface area (Å²) in [5.41, 5.74) is 1.55. The number of aromatic nitrogens is 6. The van der Waals surface area contributed by atoms with Crippen molar-refractivity contribution < 1.29 is 13.2 Å². The zero-order valence-electron chi connectivity index (χ0n) is 20.8. The SMILES string of the molecule is CCCOc1ccc(S(=O)(=O)N2CC(N(C)C)C2)cc1-c1nc2c([nH]1)c1nncn1c(=O)n2CCC. The Hall–Kier alpha value is -3.29. The molecule has 4 aromatic rings. The molecule has 3 aromatic heterocycles. The number of aromatic amines is 1. The first kappa shape index (κ1) is 24.4. The highest BCUT2D eigenvalue weighted by Gasteiger charge is 2.38. The highest BCUT2D eigenvalue weighted by Crippen LogP contribution is 2.34. The van der Waals surface area contributed by atoms with Gasteiger partial charge in [0.05, 0.1) is 17.1 Å². The molecule has 1 fully saturated rings. The Kier molecular flexibility index (Phi) is 6.30. The van der Waals surface area contributed by atoms with Crippen LogP contribution in [0, 0.1) is 0 Å². The minimum Gasteiger partial charge on any atom is -0.493 e. The molecule has 1 aliphatic rings. The van der Waals surface area contributed by atoms with Crippen molar-refractivity contribution in [2.75, 3.05) is 33.8 Å². The van der Waals surface area contributed by atoms with E-state index in [1.54, 1.807) is 22.8 Å². The minimum atomic E-state index is -3.69. The van der Waals surface area contributed by atoms with Gasteiger partial charge in [-0.05, 0) is 45.1 Å². The van der Waals surface area contributed by atoms with Crippen LogP contribution >= 0.6 is 0 Å². The predicted octanol–water partition coefficient (Wildman–Crippen LogP) is 1.57. The summed E-state index contributed by atoms with van der Waals surface area (Å²) in [5, 5.41) is 7.99. The third kappa shape index (κ3) is 3.96. The fourth-order valence-corrected chi connectivity index (χ4v) is 5.86. The minimum absolute atomic E-state index is 0.164. The molecule has 12 nitrogen and oxygen atoms in total. The Morgan fingerprint density at radius 2 is 1.94 bits per heavy atom. The van der Waals surface area contributed by atoms with Gasteiger partial charge in [0.15, 0.2) is 11.3 Å². The van der Waals surface area contributed by atoms with Crippen molar-refractivity contribution in [2.45, 2.75) is 44.2 Å². The molecule has 1 saturated heterocycles. The molecule has 0 aliphatic carbocycles. The van der Waals surface area contributed by atoms with Crippen molar-refractivity contribution in [3.8, 4) is 17.1 Å². The van der Waals surface area contributed by atoms with Gasteiger partial charge in [0, 0.05) is 25.7 Å². The lowest BCUT2D eigenvalue weighted by Crippen LogP contribution is -2.58. The number of ether oxygens (including phenoxy) is 1. The molecule has 0 radical (unpaired) electrons. The van der Waals surface area contributed by atoms with Crippen molar-refractivity contribution in [1.82, 2.24) is 38.3 Å². The molecule has 0 saturated carbocycles. The number of nitrogens with one attached hydrogen (secondary N) is 1. The van der Waals surface area contributed by atoms with E-state index in [0.717, 1.165) is 12.8 Å². The largest absolute Gasteiger partial charge is 0.493 e. The first-order chi connectivity index (χ1) is 17.3. The van der Waals surface area contributed by atoms with Gasteiger partial charge in [-0.1, -0.05) is 13.8 Å².